The molecule has 48 heavy (non-hydrogen) atoms. The molecular formula is C45H29N3. The number of aromatic nitrogens is 2. The van der Waals surface area contributed by atoms with E-state index in [1.54, 1.807) is 0 Å². The summed E-state index contributed by atoms with van der Waals surface area (Å²) in [7, 11) is 0. The molecule has 3 heteroatoms. The van der Waals surface area contributed by atoms with Gasteiger partial charge in [0.05, 0.1) is 18.0 Å². The maximum absolute atomic E-state index is 7.35. The fourth-order valence-corrected chi connectivity index (χ4v) is 6.29. The van der Waals surface area contributed by atoms with Crippen LogP contribution >= 0.6 is 0 Å². The van der Waals surface area contributed by atoms with E-state index in [0.717, 1.165) is 50.3 Å². The van der Waals surface area contributed by atoms with Gasteiger partial charge in [0.1, 0.15) is 0 Å². The van der Waals surface area contributed by atoms with Gasteiger partial charge in [-0.15, -0.1) is 0 Å². The summed E-state index contributed by atoms with van der Waals surface area (Å²) >= 11 is 0. The molecule has 0 unspecified atom stereocenters. The Morgan fingerprint density at radius 2 is 0.812 bits per heavy atom. The topological polar surface area (TPSA) is 30.1 Å². The maximum atomic E-state index is 7.35. The molecule has 7 aromatic carbocycles. The zero-order valence-corrected chi connectivity index (χ0v) is 26.1. The Hall–Kier alpha value is -6.63. The highest BCUT2D eigenvalue weighted by atomic mass is 14.9. The number of fused-ring (bicyclic) bond motifs is 1. The lowest BCUT2D eigenvalue weighted by atomic mass is 9.91. The van der Waals surface area contributed by atoms with Crippen LogP contribution in [0.25, 0.3) is 82.9 Å². The standard InChI is InChI=1S/C45H29N3/c1-46-38-16-10-15-37(29-38)31-19-21-32(22-20-31)39-27-28-40(42-18-9-8-17-41(39)42)33-23-25-36(26-24-33)45-47-43(34-11-4-2-5-12-34)30-44(48-45)35-13-6-3-7-14-35/h2-30H. The lowest BCUT2D eigenvalue weighted by molar-refractivity contribution is 1.18. The number of rotatable bonds is 6. The molecule has 0 saturated heterocycles. The van der Waals surface area contributed by atoms with Crippen LogP contribution in [0.3, 0.4) is 0 Å². The van der Waals surface area contributed by atoms with Crippen molar-refractivity contribution in [2.75, 3.05) is 0 Å². The second-order valence-corrected chi connectivity index (χ2v) is 11.7. The van der Waals surface area contributed by atoms with Gasteiger partial charge in [0.15, 0.2) is 11.5 Å². The van der Waals surface area contributed by atoms with Gasteiger partial charge in [0.25, 0.3) is 0 Å². The van der Waals surface area contributed by atoms with Crippen LogP contribution in [-0.4, -0.2) is 9.97 Å². The van der Waals surface area contributed by atoms with Crippen LogP contribution in [0, 0.1) is 6.57 Å². The third kappa shape index (κ3) is 5.64. The lowest BCUT2D eigenvalue weighted by Crippen LogP contribution is -1.96. The molecule has 8 aromatic rings. The van der Waals surface area contributed by atoms with Crippen molar-refractivity contribution in [2.24, 2.45) is 0 Å². The molecule has 0 aliphatic carbocycles. The molecule has 1 aromatic heterocycles. The summed E-state index contributed by atoms with van der Waals surface area (Å²) in [6.45, 7) is 7.35. The van der Waals surface area contributed by atoms with E-state index in [1.807, 2.05) is 60.7 Å². The van der Waals surface area contributed by atoms with Crippen molar-refractivity contribution in [2.45, 2.75) is 0 Å². The van der Waals surface area contributed by atoms with Crippen LogP contribution in [0.5, 0.6) is 0 Å². The molecular weight excluding hydrogens is 583 g/mol. The summed E-state index contributed by atoms with van der Waals surface area (Å²) in [6.07, 6.45) is 0. The van der Waals surface area contributed by atoms with Gasteiger partial charge < -0.3 is 0 Å². The molecule has 0 aliphatic rings. The first kappa shape index (κ1) is 28.8. The van der Waals surface area contributed by atoms with Gasteiger partial charge in [-0.25, -0.2) is 14.8 Å². The van der Waals surface area contributed by atoms with Crippen molar-refractivity contribution < 1.29 is 0 Å². The van der Waals surface area contributed by atoms with Gasteiger partial charge in [0.2, 0.25) is 0 Å². The van der Waals surface area contributed by atoms with E-state index in [9.17, 15) is 0 Å². The van der Waals surface area contributed by atoms with Gasteiger partial charge in [-0.3, -0.25) is 0 Å². The van der Waals surface area contributed by atoms with Crippen molar-refractivity contribution >= 4 is 16.5 Å². The van der Waals surface area contributed by atoms with E-state index in [0.29, 0.717) is 11.5 Å². The molecule has 0 fully saturated rings. The Morgan fingerprint density at radius 3 is 1.33 bits per heavy atom. The van der Waals surface area contributed by atoms with Crippen LogP contribution in [0.1, 0.15) is 0 Å². The number of hydrogen-bond donors (Lipinski definition) is 0. The number of hydrogen-bond acceptors (Lipinski definition) is 2. The Labute approximate surface area is 280 Å². The van der Waals surface area contributed by atoms with Crippen molar-refractivity contribution in [3.8, 4) is 67.3 Å². The highest BCUT2D eigenvalue weighted by molar-refractivity contribution is 6.05. The predicted molar refractivity (Wildman–Crippen MR) is 198 cm³/mol. The Bertz CT molecular complexity index is 2370. The summed E-state index contributed by atoms with van der Waals surface area (Å²) in [4.78, 5) is 13.6. The monoisotopic (exact) mass is 611 g/mol. The van der Waals surface area contributed by atoms with Crippen LogP contribution in [0.2, 0.25) is 0 Å². The van der Waals surface area contributed by atoms with E-state index in [2.05, 4.69) is 120 Å². The third-order valence-corrected chi connectivity index (χ3v) is 8.75. The molecule has 0 radical (unpaired) electrons. The lowest BCUT2D eigenvalue weighted by Gasteiger charge is -2.13. The first-order valence-electron chi connectivity index (χ1n) is 15.9. The summed E-state index contributed by atoms with van der Waals surface area (Å²) in [5.41, 5.74) is 12.3. The SMILES string of the molecule is [C-]#[N+]c1cccc(-c2ccc(-c3ccc(-c4ccc(-c5nc(-c6ccccc6)cc(-c6ccccc6)n5)cc4)c4ccccc34)cc2)c1. The fourth-order valence-electron chi connectivity index (χ4n) is 6.29. The van der Waals surface area contributed by atoms with E-state index in [-0.39, 0.29) is 0 Å². The number of nitrogens with zero attached hydrogens (tertiary/aromatic N) is 3. The van der Waals surface area contributed by atoms with Crippen molar-refractivity contribution in [1.29, 1.82) is 0 Å². The highest BCUT2D eigenvalue weighted by Crippen LogP contribution is 2.37. The zero-order valence-electron chi connectivity index (χ0n) is 26.1. The summed E-state index contributed by atoms with van der Waals surface area (Å²) in [6, 6.07) is 60.6. The normalized spacial score (nSPS) is 10.9. The third-order valence-electron chi connectivity index (χ3n) is 8.75. The fraction of sp³-hybridized carbons (Fsp3) is 0. The molecule has 224 valence electrons. The van der Waals surface area contributed by atoms with Gasteiger partial charge in [-0.05, 0) is 56.3 Å². The second-order valence-electron chi connectivity index (χ2n) is 11.7. The minimum atomic E-state index is 0.649. The van der Waals surface area contributed by atoms with Gasteiger partial charge in [-0.2, -0.15) is 0 Å². The minimum absolute atomic E-state index is 0.649. The van der Waals surface area contributed by atoms with Gasteiger partial charge in [0, 0.05) is 16.7 Å². The smallest absolute Gasteiger partial charge is 0.187 e. The Morgan fingerprint density at radius 1 is 0.354 bits per heavy atom. The molecule has 0 N–H and O–H groups in total. The molecule has 0 aliphatic heterocycles. The average molecular weight is 612 g/mol. The predicted octanol–water partition coefficient (Wildman–Crippen LogP) is 12.2. The maximum Gasteiger partial charge on any atom is 0.187 e. The van der Waals surface area contributed by atoms with Crippen molar-refractivity contribution in [3.63, 3.8) is 0 Å². The van der Waals surface area contributed by atoms with Gasteiger partial charge >= 0.3 is 0 Å². The first-order chi connectivity index (χ1) is 23.7. The van der Waals surface area contributed by atoms with Crippen LogP contribution in [-0.2, 0) is 0 Å². The molecule has 0 atom stereocenters. The quantitative estimate of drug-likeness (QED) is 0.175. The van der Waals surface area contributed by atoms with Crippen LogP contribution in [0.4, 0.5) is 5.69 Å². The molecule has 0 bridgehead atoms. The summed E-state index contributed by atoms with van der Waals surface area (Å²) in [5, 5.41) is 2.40. The molecule has 0 saturated carbocycles. The molecule has 0 amide bonds. The van der Waals surface area contributed by atoms with Crippen LogP contribution < -0.4 is 0 Å². The van der Waals surface area contributed by atoms with E-state index < -0.39 is 0 Å². The van der Waals surface area contributed by atoms with E-state index >= 15 is 0 Å². The molecule has 8 rings (SSSR count). The summed E-state index contributed by atoms with van der Waals surface area (Å²) in [5.74, 6) is 0.700. The number of benzene rings is 7. The van der Waals surface area contributed by atoms with Crippen LogP contribution in [0.15, 0.2) is 176 Å². The molecule has 3 nitrogen and oxygen atoms in total. The highest BCUT2D eigenvalue weighted by Gasteiger charge is 2.13. The average Bonchev–Trinajstić information content (AvgIpc) is 3.18. The largest absolute Gasteiger partial charge is 0.238 e. The van der Waals surface area contributed by atoms with E-state index in [4.69, 9.17) is 16.5 Å². The Kier molecular flexibility index (Phi) is 7.59. The van der Waals surface area contributed by atoms with Crippen molar-refractivity contribution in [3.05, 3.63) is 187 Å². The minimum Gasteiger partial charge on any atom is -0.238 e. The molecule has 1 heterocycles. The zero-order chi connectivity index (χ0) is 32.3. The van der Waals surface area contributed by atoms with Gasteiger partial charge in [-0.1, -0.05) is 164 Å². The van der Waals surface area contributed by atoms with E-state index in [1.165, 1.54) is 21.9 Å². The Balaban J connectivity index is 1.15. The van der Waals surface area contributed by atoms with Crippen molar-refractivity contribution in [1.82, 2.24) is 9.97 Å². The first-order valence-corrected chi connectivity index (χ1v) is 15.9. The summed E-state index contributed by atoms with van der Waals surface area (Å²) < 4.78 is 0. The molecule has 0 spiro atoms. The second kappa shape index (κ2) is 12.6.